The summed E-state index contributed by atoms with van der Waals surface area (Å²) in [6.07, 6.45) is 5.60. The number of anilines is 1. The van der Waals surface area contributed by atoms with Crippen LogP contribution in [0, 0.1) is 5.82 Å². The lowest BCUT2D eigenvalue weighted by Crippen LogP contribution is -2.41. The van der Waals surface area contributed by atoms with E-state index in [-0.39, 0.29) is 24.5 Å². The summed E-state index contributed by atoms with van der Waals surface area (Å²) in [4.78, 5) is 24.5. The first-order chi connectivity index (χ1) is 13.8. The molecule has 0 bridgehead atoms. The number of halogens is 2. The van der Waals surface area contributed by atoms with Crippen molar-refractivity contribution in [1.29, 1.82) is 0 Å². The van der Waals surface area contributed by atoms with Crippen molar-refractivity contribution in [2.24, 2.45) is 0 Å². The maximum atomic E-state index is 14.3. The number of aliphatic hydroxyl groups is 1. The first kappa shape index (κ1) is 20.1. The molecule has 3 aromatic rings. The zero-order valence-electron chi connectivity index (χ0n) is 15.0. The first-order valence-electron chi connectivity index (χ1n) is 8.83. The van der Waals surface area contributed by atoms with Crippen molar-refractivity contribution in [2.45, 2.75) is 37.5 Å². The molecular formula is C17H17ClFN5O4P+. The Labute approximate surface area is 170 Å². The second kappa shape index (κ2) is 7.89. The quantitative estimate of drug-likeness (QED) is 0.350. The highest BCUT2D eigenvalue weighted by Crippen LogP contribution is 2.37. The van der Waals surface area contributed by atoms with Crippen LogP contribution in [-0.2, 0) is 9.09 Å². The van der Waals surface area contributed by atoms with Crippen LogP contribution in [0.3, 0.4) is 0 Å². The first-order valence-corrected chi connectivity index (χ1v) is 10.3. The smallest absolute Gasteiger partial charge is 0.365 e. The summed E-state index contributed by atoms with van der Waals surface area (Å²) >= 11 is 6.02. The molecule has 29 heavy (non-hydrogen) atoms. The molecule has 12 heteroatoms. The summed E-state index contributed by atoms with van der Waals surface area (Å²) in [6, 6.07) is 1.31. The SMILES string of the molecule is O=[P+](O)O[C@@]1(O)CCC[C@H](Nc2nc(-c3c[nH]c4ncc(Cl)cc34)ncc2F)C1. The van der Waals surface area contributed by atoms with E-state index in [9.17, 15) is 14.1 Å². The lowest BCUT2D eigenvalue weighted by molar-refractivity contribution is -0.161. The highest BCUT2D eigenvalue weighted by atomic mass is 35.5. The lowest BCUT2D eigenvalue weighted by Gasteiger charge is -2.32. The number of nitrogens with one attached hydrogen (secondary N) is 2. The number of pyridine rings is 1. The Kier molecular flexibility index (Phi) is 5.46. The molecule has 0 spiro atoms. The summed E-state index contributed by atoms with van der Waals surface area (Å²) in [7, 11) is -2.95. The van der Waals surface area contributed by atoms with E-state index >= 15 is 0 Å². The summed E-state index contributed by atoms with van der Waals surface area (Å²) in [5.74, 6) is -2.18. The molecule has 0 amide bonds. The van der Waals surface area contributed by atoms with Crippen LogP contribution < -0.4 is 5.32 Å². The van der Waals surface area contributed by atoms with Gasteiger partial charge < -0.3 is 15.4 Å². The molecule has 0 radical (unpaired) electrons. The monoisotopic (exact) mass is 440 g/mol. The highest BCUT2D eigenvalue weighted by molar-refractivity contribution is 7.32. The number of rotatable bonds is 5. The summed E-state index contributed by atoms with van der Waals surface area (Å²) in [5, 5.41) is 14.4. The van der Waals surface area contributed by atoms with Gasteiger partial charge in [0.25, 0.3) is 0 Å². The number of aromatic amines is 1. The Hall–Kier alpha value is -2.23. The van der Waals surface area contributed by atoms with Crippen LogP contribution in [0.1, 0.15) is 25.7 Å². The Bertz CT molecular complexity index is 1080. The highest BCUT2D eigenvalue weighted by Gasteiger charge is 2.43. The molecule has 1 unspecified atom stereocenters. The Morgan fingerprint density at radius 3 is 3.03 bits per heavy atom. The molecule has 1 aliphatic carbocycles. The van der Waals surface area contributed by atoms with Gasteiger partial charge in [-0.05, 0) is 18.9 Å². The molecule has 0 aromatic carbocycles. The topological polar surface area (TPSA) is 133 Å². The normalized spacial score (nSPS) is 22.6. The summed E-state index contributed by atoms with van der Waals surface area (Å²) in [6.45, 7) is 0. The fourth-order valence-electron chi connectivity index (χ4n) is 3.52. The van der Waals surface area contributed by atoms with E-state index in [4.69, 9.17) is 21.0 Å². The van der Waals surface area contributed by atoms with Gasteiger partial charge in [-0.1, -0.05) is 16.1 Å². The van der Waals surface area contributed by atoms with Crippen LogP contribution in [0.2, 0.25) is 5.02 Å². The minimum absolute atomic E-state index is 0.0139. The van der Waals surface area contributed by atoms with Crippen LogP contribution in [0.15, 0.2) is 24.7 Å². The second-order valence-corrected chi connectivity index (χ2v) is 7.95. The molecule has 9 nitrogen and oxygen atoms in total. The fourth-order valence-corrected chi connectivity index (χ4v) is 4.13. The lowest BCUT2D eigenvalue weighted by atomic mass is 9.90. The van der Waals surface area contributed by atoms with Crippen molar-refractivity contribution in [3.8, 4) is 11.4 Å². The van der Waals surface area contributed by atoms with Crippen LogP contribution in [0.25, 0.3) is 22.4 Å². The second-order valence-electron chi connectivity index (χ2n) is 6.86. The van der Waals surface area contributed by atoms with Gasteiger partial charge in [-0.3, -0.25) is 0 Å². The zero-order valence-corrected chi connectivity index (χ0v) is 16.6. The maximum absolute atomic E-state index is 14.3. The van der Waals surface area contributed by atoms with Crippen LogP contribution >= 0.6 is 19.9 Å². The number of nitrogens with zero attached hydrogens (tertiary/aromatic N) is 3. The standard InChI is InChI=1S/C17H16ClFN5O4P/c18-9-4-11-12(7-21-14(11)20-6-9)15-22-8-13(19)16(24-15)23-10-2-1-3-17(25,5-10)28-29(26)27/h4,6-8,10,25H,1-3,5H2,(H2-,20,21,22,23,24,26,27)/p+1/t10-,17-/m0/s1. The molecule has 0 aliphatic heterocycles. The minimum Gasteiger partial charge on any atom is -0.365 e. The van der Waals surface area contributed by atoms with Crippen LogP contribution in [-0.4, -0.2) is 41.8 Å². The predicted octanol–water partition coefficient (Wildman–Crippen LogP) is 3.52. The number of hydrogen-bond acceptors (Lipinski definition) is 7. The number of aromatic nitrogens is 4. The van der Waals surface area contributed by atoms with Gasteiger partial charge in [0.1, 0.15) is 5.65 Å². The zero-order chi connectivity index (χ0) is 20.6. The molecule has 0 saturated heterocycles. The largest absolute Gasteiger partial charge is 0.697 e. The summed E-state index contributed by atoms with van der Waals surface area (Å²) in [5.41, 5.74) is 1.21. The Balaban J connectivity index is 1.60. The molecule has 1 aliphatic rings. The average molecular weight is 441 g/mol. The van der Waals surface area contributed by atoms with Gasteiger partial charge in [0, 0.05) is 46.8 Å². The molecule has 3 aromatic heterocycles. The molecule has 1 saturated carbocycles. The third-order valence-electron chi connectivity index (χ3n) is 4.76. The van der Waals surface area contributed by atoms with Gasteiger partial charge in [0.15, 0.2) is 17.5 Å². The van der Waals surface area contributed by atoms with Crippen LogP contribution in [0.4, 0.5) is 10.2 Å². The third kappa shape index (κ3) is 4.36. The van der Waals surface area contributed by atoms with Crippen molar-refractivity contribution in [1.82, 2.24) is 19.9 Å². The van der Waals surface area contributed by atoms with Crippen molar-refractivity contribution in [3.05, 3.63) is 35.5 Å². The van der Waals surface area contributed by atoms with Gasteiger partial charge in [-0.15, -0.1) is 4.89 Å². The number of H-pyrrole nitrogens is 1. The van der Waals surface area contributed by atoms with E-state index in [0.29, 0.717) is 34.5 Å². The summed E-state index contributed by atoms with van der Waals surface area (Å²) < 4.78 is 30.0. The van der Waals surface area contributed by atoms with Crippen molar-refractivity contribution in [3.63, 3.8) is 0 Å². The van der Waals surface area contributed by atoms with Crippen molar-refractivity contribution in [2.75, 3.05) is 5.32 Å². The van der Waals surface area contributed by atoms with E-state index in [1.165, 1.54) is 6.20 Å². The molecule has 4 N–H and O–H groups in total. The minimum atomic E-state index is -2.95. The maximum Gasteiger partial charge on any atom is 0.697 e. The van der Waals surface area contributed by atoms with Gasteiger partial charge in [0.2, 0.25) is 5.79 Å². The Morgan fingerprint density at radius 1 is 1.41 bits per heavy atom. The van der Waals surface area contributed by atoms with Gasteiger partial charge >= 0.3 is 8.25 Å². The molecular weight excluding hydrogens is 424 g/mol. The van der Waals surface area contributed by atoms with E-state index in [1.54, 1.807) is 12.3 Å². The van der Waals surface area contributed by atoms with E-state index in [0.717, 1.165) is 6.20 Å². The Morgan fingerprint density at radius 2 is 2.24 bits per heavy atom. The van der Waals surface area contributed by atoms with Gasteiger partial charge in [-0.25, -0.2) is 19.3 Å². The average Bonchev–Trinajstić information content (AvgIpc) is 3.05. The molecule has 4 rings (SSSR count). The molecule has 3 atom stereocenters. The molecule has 152 valence electrons. The predicted molar refractivity (Wildman–Crippen MR) is 104 cm³/mol. The molecule has 1 fully saturated rings. The van der Waals surface area contributed by atoms with Crippen molar-refractivity contribution >= 4 is 36.7 Å². The van der Waals surface area contributed by atoms with Gasteiger partial charge in [0.05, 0.1) is 11.2 Å². The fraction of sp³-hybridized carbons (Fsp3) is 0.353. The van der Waals surface area contributed by atoms with E-state index in [1.807, 2.05) is 0 Å². The van der Waals surface area contributed by atoms with Gasteiger partial charge in [-0.2, -0.15) is 0 Å². The number of fused-ring (bicyclic) bond motifs is 1. The van der Waals surface area contributed by atoms with E-state index in [2.05, 4.69) is 25.3 Å². The van der Waals surface area contributed by atoms with Crippen molar-refractivity contribution < 1.29 is 23.5 Å². The number of hydrogen-bond donors (Lipinski definition) is 4. The van der Waals surface area contributed by atoms with Crippen LogP contribution in [0.5, 0.6) is 0 Å². The van der Waals surface area contributed by atoms with E-state index < -0.39 is 25.9 Å². The third-order valence-corrected chi connectivity index (χ3v) is 5.46. The molecule has 3 heterocycles.